The van der Waals surface area contributed by atoms with Gasteiger partial charge in [-0.25, -0.2) is 0 Å². The van der Waals surface area contributed by atoms with Gasteiger partial charge in [0.2, 0.25) is 0 Å². The summed E-state index contributed by atoms with van der Waals surface area (Å²) in [5.41, 5.74) is 3.14. The fraction of sp³-hybridized carbons (Fsp3) is 0.267. The zero-order chi connectivity index (χ0) is 12.7. The Bertz CT molecular complexity index is 420. The fourth-order valence-corrected chi connectivity index (χ4v) is 1.49. The van der Waals surface area contributed by atoms with Gasteiger partial charge in [0.15, 0.2) is 0 Å². The van der Waals surface area contributed by atoms with Gasteiger partial charge in [0.25, 0.3) is 0 Å². The van der Waals surface area contributed by atoms with Crippen LogP contribution in [0.2, 0.25) is 0 Å². The molecule has 0 aliphatic carbocycles. The molecule has 1 aromatic carbocycles. The third kappa shape index (κ3) is 3.68. The smallest absolute Gasteiger partial charge is 0.0761 e. The van der Waals surface area contributed by atoms with Crippen molar-refractivity contribution in [2.75, 3.05) is 0 Å². The quantitative estimate of drug-likeness (QED) is 0.849. The summed E-state index contributed by atoms with van der Waals surface area (Å²) in [6, 6.07) is 11.8. The van der Waals surface area contributed by atoms with Crippen molar-refractivity contribution in [2.45, 2.75) is 26.9 Å². The largest absolute Gasteiger partial charge is 0.389 e. The Hall–Kier alpha value is -1.67. The van der Waals surface area contributed by atoms with E-state index < -0.39 is 6.10 Å². The number of hydrogen-bond donors (Lipinski definition) is 1. The maximum Gasteiger partial charge on any atom is 0.0761 e. The van der Waals surface area contributed by atoms with Crippen LogP contribution < -0.4 is 0 Å². The minimum absolute atomic E-state index is 0.409. The van der Waals surface area contributed by atoms with Crippen molar-refractivity contribution in [3.63, 3.8) is 0 Å². The van der Waals surface area contributed by atoms with E-state index in [-0.39, 0.29) is 0 Å². The number of rotatable bonds is 2. The second-order valence-corrected chi connectivity index (χ2v) is 3.54. The van der Waals surface area contributed by atoms with Gasteiger partial charge in [0.05, 0.1) is 6.10 Å². The molecule has 2 heteroatoms. The van der Waals surface area contributed by atoms with Crippen molar-refractivity contribution in [3.8, 4) is 11.1 Å². The summed E-state index contributed by atoms with van der Waals surface area (Å²) in [5, 5.41) is 9.37. The normalized spacial score (nSPS) is 11.3. The highest BCUT2D eigenvalue weighted by Crippen LogP contribution is 2.20. The number of aliphatic hydroxyl groups excluding tert-OH is 1. The molecule has 0 aliphatic rings. The highest BCUT2D eigenvalue weighted by Gasteiger charge is 2.01. The minimum Gasteiger partial charge on any atom is -0.389 e. The molecule has 0 bridgehead atoms. The molecule has 0 saturated heterocycles. The van der Waals surface area contributed by atoms with Gasteiger partial charge in [-0.2, -0.15) is 0 Å². The predicted molar refractivity (Wildman–Crippen MR) is 71.7 cm³/mol. The Kier molecular flexibility index (Phi) is 5.37. The van der Waals surface area contributed by atoms with Crippen LogP contribution in [0, 0.1) is 0 Å². The van der Waals surface area contributed by atoms with Gasteiger partial charge in [-0.05, 0) is 29.7 Å². The number of benzene rings is 1. The van der Waals surface area contributed by atoms with Crippen molar-refractivity contribution in [2.24, 2.45) is 0 Å². The van der Waals surface area contributed by atoms with Crippen LogP contribution in [0.5, 0.6) is 0 Å². The lowest BCUT2D eigenvalue weighted by molar-refractivity contribution is 0.199. The number of nitrogens with zero attached hydrogens (tertiary/aromatic N) is 1. The van der Waals surface area contributed by atoms with E-state index in [4.69, 9.17) is 0 Å². The standard InChI is InChI=1S/C13H13NO.C2H6/c1-10(15)11-4-6-12(7-5-11)13-3-2-8-14-9-13;1-2/h2-10,15H,1H3;1-2H3/t10-;/m0./s1. The van der Waals surface area contributed by atoms with Crippen LogP contribution in [-0.4, -0.2) is 10.1 Å². The molecule has 17 heavy (non-hydrogen) atoms. The van der Waals surface area contributed by atoms with E-state index in [0.29, 0.717) is 0 Å². The summed E-state index contributed by atoms with van der Waals surface area (Å²) in [6.07, 6.45) is 3.18. The van der Waals surface area contributed by atoms with Gasteiger partial charge < -0.3 is 5.11 Å². The average Bonchev–Trinajstić information content (AvgIpc) is 2.42. The Balaban J connectivity index is 0.000000686. The zero-order valence-electron chi connectivity index (χ0n) is 10.6. The average molecular weight is 229 g/mol. The maximum atomic E-state index is 9.37. The highest BCUT2D eigenvalue weighted by atomic mass is 16.3. The second-order valence-electron chi connectivity index (χ2n) is 3.54. The van der Waals surface area contributed by atoms with Gasteiger partial charge in [-0.3, -0.25) is 4.98 Å². The molecule has 1 aromatic heterocycles. The maximum absolute atomic E-state index is 9.37. The first-order valence-corrected chi connectivity index (χ1v) is 5.96. The van der Waals surface area contributed by atoms with Crippen molar-refractivity contribution < 1.29 is 5.11 Å². The first-order valence-electron chi connectivity index (χ1n) is 5.96. The number of aliphatic hydroxyl groups is 1. The number of pyridine rings is 1. The molecular formula is C15H19NO. The van der Waals surface area contributed by atoms with Gasteiger partial charge in [0.1, 0.15) is 0 Å². The van der Waals surface area contributed by atoms with Crippen LogP contribution in [0.25, 0.3) is 11.1 Å². The van der Waals surface area contributed by atoms with E-state index in [2.05, 4.69) is 4.98 Å². The molecule has 2 nitrogen and oxygen atoms in total. The minimum atomic E-state index is -0.409. The number of aromatic nitrogens is 1. The summed E-state index contributed by atoms with van der Waals surface area (Å²) in [6.45, 7) is 5.76. The number of hydrogen-bond acceptors (Lipinski definition) is 2. The van der Waals surface area contributed by atoms with Crippen LogP contribution >= 0.6 is 0 Å². The third-order valence-electron chi connectivity index (χ3n) is 2.39. The van der Waals surface area contributed by atoms with Gasteiger partial charge in [0, 0.05) is 12.4 Å². The summed E-state index contributed by atoms with van der Waals surface area (Å²) >= 11 is 0. The molecule has 1 heterocycles. The SMILES string of the molecule is CC.C[C@H](O)c1ccc(-c2cccnc2)cc1. The van der Waals surface area contributed by atoms with Crippen molar-refractivity contribution >= 4 is 0 Å². The van der Waals surface area contributed by atoms with Crippen LogP contribution in [0.1, 0.15) is 32.4 Å². The van der Waals surface area contributed by atoms with E-state index in [9.17, 15) is 5.11 Å². The molecule has 0 spiro atoms. The molecule has 0 unspecified atom stereocenters. The van der Waals surface area contributed by atoms with Gasteiger partial charge >= 0.3 is 0 Å². The van der Waals surface area contributed by atoms with Crippen molar-refractivity contribution in [1.29, 1.82) is 0 Å². The molecular weight excluding hydrogens is 210 g/mol. The van der Waals surface area contributed by atoms with Crippen LogP contribution in [0.15, 0.2) is 48.8 Å². The molecule has 0 fully saturated rings. The van der Waals surface area contributed by atoms with Crippen LogP contribution in [0.4, 0.5) is 0 Å². The molecule has 0 radical (unpaired) electrons. The van der Waals surface area contributed by atoms with Gasteiger partial charge in [-0.1, -0.05) is 44.2 Å². The molecule has 2 aromatic rings. The monoisotopic (exact) mass is 229 g/mol. The van der Waals surface area contributed by atoms with E-state index in [1.165, 1.54) is 0 Å². The van der Waals surface area contributed by atoms with Crippen LogP contribution in [0.3, 0.4) is 0 Å². The lowest BCUT2D eigenvalue weighted by Gasteiger charge is -2.05. The summed E-state index contributed by atoms with van der Waals surface area (Å²) in [7, 11) is 0. The Morgan fingerprint density at radius 1 is 1.00 bits per heavy atom. The summed E-state index contributed by atoms with van der Waals surface area (Å²) in [4.78, 5) is 4.07. The van der Waals surface area contributed by atoms with Gasteiger partial charge in [-0.15, -0.1) is 0 Å². The zero-order valence-corrected chi connectivity index (χ0v) is 10.6. The molecule has 0 amide bonds. The molecule has 1 N–H and O–H groups in total. The fourth-order valence-electron chi connectivity index (χ4n) is 1.49. The molecule has 0 saturated carbocycles. The second kappa shape index (κ2) is 6.81. The van der Waals surface area contributed by atoms with E-state index in [0.717, 1.165) is 16.7 Å². The Morgan fingerprint density at radius 3 is 2.12 bits per heavy atom. The predicted octanol–water partition coefficient (Wildman–Crippen LogP) is 3.83. The van der Waals surface area contributed by atoms with Crippen molar-refractivity contribution in [1.82, 2.24) is 4.98 Å². The van der Waals surface area contributed by atoms with E-state index in [1.807, 2.05) is 56.4 Å². The first kappa shape index (κ1) is 13.4. The van der Waals surface area contributed by atoms with E-state index >= 15 is 0 Å². The first-order chi connectivity index (χ1) is 8.27. The molecule has 90 valence electrons. The van der Waals surface area contributed by atoms with Crippen molar-refractivity contribution in [3.05, 3.63) is 54.4 Å². The van der Waals surface area contributed by atoms with Crippen LogP contribution in [-0.2, 0) is 0 Å². The lowest BCUT2D eigenvalue weighted by atomic mass is 10.0. The lowest BCUT2D eigenvalue weighted by Crippen LogP contribution is -1.90. The molecule has 1 atom stereocenters. The Morgan fingerprint density at radius 2 is 1.65 bits per heavy atom. The third-order valence-corrected chi connectivity index (χ3v) is 2.39. The van der Waals surface area contributed by atoms with E-state index in [1.54, 1.807) is 13.1 Å². The molecule has 0 aliphatic heterocycles. The summed E-state index contributed by atoms with van der Waals surface area (Å²) < 4.78 is 0. The topological polar surface area (TPSA) is 33.1 Å². The summed E-state index contributed by atoms with van der Waals surface area (Å²) in [5.74, 6) is 0. The Labute approximate surface area is 103 Å². The highest BCUT2D eigenvalue weighted by molar-refractivity contribution is 5.62. The molecule has 2 rings (SSSR count).